The standard InChI is InChI=1S/C34H39NO5/c1-8-39-26-17-15-25(16-18-26)35-30(22-10-13-24(14-11-22)34(5,6)7)29(32(37)33(35)38)31(36)23-12-19-28(40-9-2)27(20-23)21(3)4/h10-21,30,36H,8-9H2,1-7H3/b31-29-. The van der Waals surface area contributed by atoms with E-state index < -0.39 is 17.7 Å². The molecule has 1 heterocycles. The summed E-state index contributed by atoms with van der Waals surface area (Å²) in [6, 6.07) is 19.6. The molecule has 1 N–H and O–H groups in total. The summed E-state index contributed by atoms with van der Waals surface area (Å²) in [4.78, 5) is 28.6. The smallest absolute Gasteiger partial charge is 0.300 e. The van der Waals surface area contributed by atoms with Gasteiger partial charge in [0.25, 0.3) is 11.7 Å². The normalized spacial score (nSPS) is 17.0. The average Bonchev–Trinajstić information content (AvgIpc) is 3.19. The molecule has 0 aromatic heterocycles. The topological polar surface area (TPSA) is 76.1 Å². The number of amides is 1. The lowest BCUT2D eigenvalue weighted by Gasteiger charge is -2.27. The zero-order valence-electron chi connectivity index (χ0n) is 24.4. The lowest BCUT2D eigenvalue weighted by Crippen LogP contribution is -2.29. The Balaban J connectivity index is 1.90. The van der Waals surface area contributed by atoms with Crippen LogP contribution >= 0.6 is 0 Å². The number of rotatable bonds is 8. The van der Waals surface area contributed by atoms with Gasteiger partial charge in [-0.3, -0.25) is 14.5 Å². The van der Waals surface area contributed by atoms with E-state index in [1.54, 1.807) is 30.3 Å². The average molecular weight is 542 g/mol. The summed E-state index contributed by atoms with van der Waals surface area (Å²) in [5.74, 6) is -0.0902. The Bertz CT molecular complexity index is 1410. The number of carbonyl (C=O) groups is 2. The number of hydrogen-bond donors (Lipinski definition) is 1. The third-order valence-electron chi connectivity index (χ3n) is 7.17. The Morgan fingerprint density at radius 1 is 0.900 bits per heavy atom. The van der Waals surface area contributed by atoms with Crippen molar-refractivity contribution in [2.24, 2.45) is 0 Å². The molecule has 1 unspecified atom stereocenters. The zero-order valence-corrected chi connectivity index (χ0v) is 24.4. The van der Waals surface area contributed by atoms with Gasteiger partial charge in [-0.25, -0.2) is 0 Å². The van der Waals surface area contributed by atoms with Crippen molar-refractivity contribution in [1.29, 1.82) is 0 Å². The van der Waals surface area contributed by atoms with Crippen LogP contribution in [0.2, 0.25) is 0 Å². The molecule has 0 spiro atoms. The molecule has 40 heavy (non-hydrogen) atoms. The quantitative estimate of drug-likeness (QED) is 0.181. The third kappa shape index (κ3) is 5.62. The minimum absolute atomic E-state index is 0.0567. The summed E-state index contributed by atoms with van der Waals surface area (Å²) >= 11 is 0. The van der Waals surface area contributed by atoms with Crippen molar-refractivity contribution in [1.82, 2.24) is 0 Å². The van der Waals surface area contributed by atoms with Gasteiger partial charge >= 0.3 is 0 Å². The zero-order chi connectivity index (χ0) is 29.2. The molecule has 0 aliphatic carbocycles. The van der Waals surface area contributed by atoms with E-state index in [0.29, 0.717) is 30.2 Å². The molecule has 1 atom stereocenters. The second-order valence-corrected chi connectivity index (χ2v) is 11.3. The molecule has 1 fully saturated rings. The van der Waals surface area contributed by atoms with E-state index >= 15 is 0 Å². The second-order valence-electron chi connectivity index (χ2n) is 11.3. The van der Waals surface area contributed by atoms with Crippen molar-refractivity contribution in [3.8, 4) is 11.5 Å². The van der Waals surface area contributed by atoms with E-state index in [-0.39, 0.29) is 22.7 Å². The van der Waals surface area contributed by atoms with E-state index in [0.717, 1.165) is 22.4 Å². The van der Waals surface area contributed by atoms with Crippen molar-refractivity contribution in [2.45, 2.75) is 65.8 Å². The Morgan fingerprint density at radius 3 is 2.08 bits per heavy atom. The predicted octanol–water partition coefficient (Wildman–Crippen LogP) is 7.53. The molecule has 3 aromatic rings. The van der Waals surface area contributed by atoms with Crippen molar-refractivity contribution in [3.63, 3.8) is 0 Å². The number of carbonyl (C=O) groups excluding carboxylic acids is 2. The monoisotopic (exact) mass is 541 g/mol. The highest BCUT2D eigenvalue weighted by atomic mass is 16.5. The number of ketones is 1. The highest BCUT2D eigenvalue weighted by molar-refractivity contribution is 6.51. The molecule has 6 nitrogen and oxygen atoms in total. The van der Waals surface area contributed by atoms with Gasteiger partial charge in [0.15, 0.2) is 0 Å². The Labute approximate surface area is 237 Å². The van der Waals surface area contributed by atoms with Gasteiger partial charge in [-0.1, -0.05) is 58.9 Å². The fraction of sp³-hybridized carbons (Fsp3) is 0.353. The first-order chi connectivity index (χ1) is 19.0. The molecule has 6 heteroatoms. The summed E-state index contributed by atoms with van der Waals surface area (Å²) < 4.78 is 11.4. The molecule has 4 rings (SSSR count). The molecule has 3 aromatic carbocycles. The lowest BCUT2D eigenvalue weighted by molar-refractivity contribution is -0.132. The SMILES string of the molecule is CCOc1ccc(N2C(=O)C(=O)/C(=C(\O)c3ccc(OCC)c(C(C)C)c3)C2c2ccc(C(C)(C)C)cc2)cc1. The first-order valence-corrected chi connectivity index (χ1v) is 13.9. The summed E-state index contributed by atoms with van der Waals surface area (Å²) in [7, 11) is 0. The summed E-state index contributed by atoms with van der Waals surface area (Å²) in [5.41, 5.74) is 3.78. The van der Waals surface area contributed by atoms with Crippen molar-refractivity contribution in [2.75, 3.05) is 18.1 Å². The number of aliphatic hydroxyl groups excluding tert-OH is 1. The number of aliphatic hydroxyl groups is 1. The molecular formula is C34H39NO5. The van der Waals surface area contributed by atoms with Gasteiger partial charge in [-0.05, 0) is 84.3 Å². The number of Topliss-reactive ketones (excluding diaryl/α,β-unsaturated/α-hetero) is 1. The fourth-order valence-electron chi connectivity index (χ4n) is 5.04. The third-order valence-corrected chi connectivity index (χ3v) is 7.17. The molecule has 1 saturated heterocycles. The van der Waals surface area contributed by atoms with Gasteiger partial charge in [0, 0.05) is 11.3 Å². The summed E-state index contributed by atoms with van der Waals surface area (Å²) in [6.45, 7) is 15.3. The number of hydrogen-bond acceptors (Lipinski definition) is 5. The van der Waals surface area contributed by atoms with Crippen LogP contribution in [0.3, 0.4) is 0 Å². The van der Waals surface area contributed by atoms with Gasteiger partial charge in [0.1, 0.15) is 17.3 Å². The minimum Gasteiger partial charge on any atom is -0.507 e. The maximum Gasteiger partial charge on any atom is 0.300 e. The molecule has 1 amide bonds. The molecule has 0 radical (unpaired) electrons. The number of anilines is 1. The lowest BCUT2D eigenvalue weighted by atomic mass is 9.85. The van der Waals surface area contributed by atoms with Crippen LogP contribution in [0.4, 0.5) is 5.69 Å². The molecule has 210 valence electrons. The van der Waals surface area contributed by atoms with Gasteiger partial charge in [0.2, 0.25) is 0 Å². The van der Waals surface area contributed by atoms with Crippen LogP contribution in [-0.4, -0.2) is 30.0 Å². The van der Waals surface area contributed by atoms with Crippen molar-refractivity contribution < 1.29 is 24.2 Å². The van der Waals surface area contributed by atoms with E-state index in [9.17, 15) is 14.7 Å². The minimum atomic E-state index is -0.805. The predicted molar refractivity (Wildman–Crippen MR) is 159 cm³/mol. The number of ether oxygens (including phenoxy) is 2. The van der Waals surface area contributed by atoms with Crippen LogP contribution in [0, 0.1) is 0 Å². The van der Waals surface area contributed by atoms with E-state index in [2.05, 4.69) is 20.8 Å². The summed E-state index contributed by atoms with van der Waals surface area (Å²) in [6.07, 6.45) is 0. The molecule has 0 saturated carbocycles. The van der Waals surface area contributed by atoms with Gasteiger partial charge in [0.05, 0.1) is 24.8 Å². The second kappa shape index (κ2) is 11.6. The van der Waals surface area contributed by atoms with E-state index in [4.69, 9.17) is 9.47 Å². The molecular weight excluding hydrogens is 502 g/mol. The van der Waals surface area contributed by atoms with Gasteiger partial charge < -0.3 is 14.6 Å². The first kappa shape index (κ1) is 28.9. The van der Waals surface area contributed by atoms with Crippen LogP contribution in [-0.2, 0) is 15.0 Å². The Morgan fingerprint density at radius 2 is 1.52 bits per heavy atom. The van der Waals surface area contributed by atoms with Crippen LogP contribution in [0.25, 0.3) is 5.76 Å². The largest absolute Gasteiger partial charge is 0.507 e. The molecule has 0 bridgehead atoms. The Kier molecular flexibility index (Phi) is 8.38. The summed E-state index contributed by atoms with van der Waals surface area (Å²) in [5, 5.41) is 11.6. The van der Waals surface area contributed by atoms with Crippen LogP contribution in [0.5, 0.6) is 11.5 Å². The molecule has 1 aliphatic heterocycles. The van der Waals surface area contributed by atoms with Crippen molar-refractivity contribution in [3.05, 3.63) is 94.6 Å². The highest BCUT2D eigenvalue weighted by Gasteiger charge is 2.47. The number of nitrogens with zero attached hydrogens (tertiary/aromatic N) is 1. The number of benzene rings is 3. The first-order valence-electron chi connectivity index (χ1n) is 13.9. The maximum absolute atomic E-state index is 13.6. The maximum atomic E-state index is 13.6. The van der Waals surface area contributed by atoms with Crippen molar-refractivity contribution >= 4 is 23.1 Å². The van der Waals surface area contributed by atoms with Gasteiger partial charge in [-0.2, -0.15) is 0 Å². The van der Waals surface area contributed by atoms with Gasteiger partial charge in [-0.15, -0.1) is 0 Å². The Hall–Kier alpha value is -4.06. The van der Waals surface area contributed by atoms with Crippen LogP contribution in [0.1, 0.15) is 82.7 Å². The van der Waals surface area contributed by atoms with Crippen LogP contribution in [0.15, 0.2) is 72.3 Å². The fourth-order valence-corrected chi connectivity index (χ4v) is 5.04. The van der Waals surface area contributed by atoms with E-state index in [1.165, 1.54) is 4.90 Å². The highest BCUT2D eigenvalue weighted by Crippen LogP contribution is 2.43. The molecule has 1 aliphatic rings. The van der Waals surface area contributed by atoms with Crippen LogP contribution < -0.4 is 14.4 Å². The van der Waals surface area contributed by atoms with E-state index in [1.807, 2.05) is 64.1 Å².